The van der Waals surface area contributed by atoms with Crippen LogP contribution in [-0.4, -0.2) is 32.9 Å². The van der Waals surface area contributed by atoms with Gasteiger partial charge in [0.2, 0.25) is 0 Å². The van der Waals surface area contributed by atoms with Crippen LogP contribution in [0.4, 0.5) is 0 Å². The van der Waals surface area contributed by atoms with Gasteiger partial charge in [0.25, 0.3) is 0 Å². The first-order valence-corrected chi connectivity index (χ1v) is 6.61. The third-order valence-electron chi connectivity index (χ3n) is 3.18. The molecule has 0 radical (unpaired) electrons. The van der Waals surface area contributed by atoms with E-state index in [1.165, 1.54) is 0 Å². The largest absolute Gasteiger partial charge is 0.496 e. The number of rotatable bonds is 8. The molecule has 1 aromatic rings. The molecule has 1 aromatic carbocycles. The lowest BCUT2D eigenvalue weighted by molar-refractivity contribution is 0.278. The molecule has 0 unspecified atom stereocenters. The van der Waals surface area contributed by atoms with Crippen molar-refractivity contribution in [1.82, 2.24) is 5.32 Å². The van der Waals surface area contributed by atoms with Crippen LogP contribution in [-0.2, 0) is 0 Å². The fourth-order valence-corrected chi connectivity index (χ4v) is 1.55. The van der Waals surface area contributed by atoms with Crippen LogP contribution in [0, 0.1) is 0 Å². The summed E-state index contributed by atoms with van der Waals surface area (Å²) in [5.74, 6) is 2.22. The third kappa shape index (κ3) is 5.39. The van der Waals surface area contributed by atoms with Gasteiger partial charge in [0.1, 0.15) is 23.9 Å². The quantitative estimate of drug-likeness (QED) is 0.735. The maximum absolute atomic E-state index is 5.71. The Balaban J connectivity index is 2.49. The van der Waals surface area contributed by atoms with Gasteiger partial charge in [-0.3, -0.25) is 0 Å². The van der Waals surface area contributed by atoms with Crippen molar-refractivity contribution in [3.8, 4) is 17.2 Å². The van der Waals surface area contributed by atoms with E-state index < -0.39 is 0 Å². The van der Waals surface area contributed by atoms with Crippen LogP contribution in [0.15, 0.2) is 18.2 Å². The fraction of sp³-hybridized carbons (Fsp3) is 0.600. The molecule has 4 nitrogen and oxygen atoms in total. The Morgan fingerprint density at radius 2 is 1.53 bits per heavy atom. The van der Waals surface area contributed by atoms with E-state index in [0.717, 1.165) is 30.2 Å². The number of nitrogens with one attached hydrogen (secondary N) is 1. The van der Waals surface area contributed by atoms with Crippen LogP contribution in [0.25, 0.3) is 0 Å². The molecule has 0 fully saturated rings. The Morgan fingerprint density at radius 1 is 1.00 bits per heavy atom. The van der Waals surface area contributed by atoms with Crippen LogP contribution < -0.4 is 19.5 Å². The van der Waals surface area contributed by atoms with Crippen molar-refractivity contribution in [2.45, 2.75) is 32.7 Å². The molecule has 0 bridgehead atoms. The van der Waals surface area contributed by atoms with Crippen LogP contribution in [0.2, 0.25) is 0 Å². The van der Waals surface area contributed by atoms with Gasteiger partial charge in [-0.15, -0.1) is 0 Å². The first-order chi connectivity index (χ1) is 9.00. The van der Waals surface area contributed by atoms with E-state index in [2.05, 4.69) is 26.1 Å². The van der Waals surface area contributed by atoms with Gasteiger partial charge in [-0.2, -0.15) is 0 Å². The van der Waals surface area contributed by atoms with Crippen LogP contribution in [0.3, 0.4) is 0 Å². The first kappa shape index (κ1) is 15.6. The van der Waals surface area contributed by atoms with Crippen molar-refractivity contribution in [2.24, 2.45) is 0 Å². The number of ether oxygens (including phenoxy) is 3. The molecule has 0 aliphatic carbocycles. The Kier molecular flexibility index (Phi) is 5.96. The highest BCUT2D eigenvalue weighted by Crippen LogP contribution is 2.27. The molecule has 0 saturated carbocycles. The number of benzene rings is 1. The molecule has 0 heterocycles. The third-order valence-corrected chi connectivity index (χ3v) is 3.18. The highest BCUT2D eigenvalue weighted by molar-refractivity contribution is 5.41. The Bertz CT molecular complexity index is 369. The second-order valence-electron chi connectivity index (χ2n) is 5.06. The topological polar surface area (TPSA) is 39.7 Å². The van der Waals surface area contributed by atoms with Gasteiger partial charge in [-0.05, 0) is 20.3 Å². The fourth-order valence-electron chi connectivity index (χ4n) is 1.55. The maximum Gasteiger partial charge on any atom is 0.126 e. The molecule has 0 aliphatic rings. The van der Waals surface area contributed by atoms with E-state index >= 15 is 0 Å². The summed E-state index contributed by atoms with van der Waals surface area (Å²) >= 11 is 0. The molecule has 108 valence electrons. The first-order valence-electron chi connectivity index (χ1n) is 6.61. The molecular weight excluding hydrogens is 242 g/mol. The standard InChI is InChI=1S/C15H25NO3/c1-6-15(2,3)16-7-8-19-14-10-12(17-4)9-13(11-14)18-5/h9-11,16H,6-8H2,1-5H3. The average molecular weight is 267 g/mol. The van der Waals surface area contributed by atoms with Crippen LogP contribution in [0.5, 0.6) is 17.2 Å². The Morgan fingerprint density at radius 3 is 2.00 bits per heavy atom. The summed E-state index contributed by atoms with van der Waals surface area (Å²) in [6.45, 7) is 7.95. The molecular formula is C15H25NO3. The predicted octanol–water partition coefficient (Wildman–Crippen LogP) is 2.86. The molecule has 0 spiro atoms. The maximum atomic E-state index is 5.71. The molecule has 1 rings (SSSR count). The van der Waals surface area contributed by atoms with Gasteiger partial charge in [0.05, 0.1) is 14.2 Å². The smallest absolute Gasteiger partial charge is 0.126 e. The Hall–Kier alpha value is -1.42. The number of hydrogen-bond acceptors (Lipinski definition) is 4. The van der Waals surface area contributed by atoms with Crippen molar-refractivity contribution in [1.29, 1.82) is 0 Å². The molecule has 0 amide bonds. The van der Waals surface area contributed by atoms with Crippen molar-refractivity contribution in [2.75, 3.05) is 27.4 Å². The minimum Gasteiger partial charge on any atom is -0.496 e. The summed E-state index contributed by atoms with van der Waals surface area (Å²) < 4.78 is 16.1. The Labute approximate surface area is 116 Å². The van der Waals surface area contributed by atoms with Crippen molar-refractivity contribution in [3.05, 3.63) is 18.2 Å². The lowest BCUT2D eigenvalue weighted by atomic mass is 10.0. The molecule has 0 atom stereocenters. The van der Waals surface area contributed by atoms with Crippen molar-refractivity contribution in [3.63, 3.8) is 0 Å². The highest BCUT2D eigenvalue weighted by Gasteiger charge is 2.12. The highest BCUT2D eigenvalue weighted by atomic mass is 16.5. The van der Waals surface area contributed by atoms with Gasteiger partial charge >= 0.3 is 0 Å². The van der Waals surface area contributed by atoms with E-state index in [-0.39, 0.29) is 5.54 Å². The van der Waals surface area contributed by atoms with Gasteiger partial charge in [0, 0.05) is 30.3 Å². The zero-order valence-electron chi connectivity index (χ0n) is 12.6. The van der Waals surface area contributed by atoms with E-state index in [1.807, 2.05) is 18.2 Å². The predicted molar refractivity (Wildman–Crippen MR) is 77.4 cm³/mol. The summed E-state index contributed by atoms with van der Waals surface area (Å²) in [5, 5.41) is 3.45. The summed E-state index contributed by atoms with van der Waals surface area (Å²) in [6.07, 6.45) is 1.08. The van der Waals surface area contributed by atoms with Crippen LogP contribution >= 0.6 is 0 Å². The number of methoxy groups -OCH3 is 2. The average Bonchev–Trinajstić information content (AvgIpc) is 2.43. The van der Waals surface area contributed by atoms with Gasteiger partial charge in [-0.25, -0.2) is 0 Å². The minimum atomic E-state index is 0.148. The van der Waals surface area contributed by atoms with E-state index in [9.17, 15) is 0 Å². The van der Waals surface area contributed by atoms with Crippen LogP contribution in [0.1, 0.15) is 27.2 Å². The number of hydrogen-bond donors (Lipinski definition) is 1. The summed E-state index contributed by atoms with van der Waals surface area (Å²) in [5.41, 5.74) is 0.148. The monoisotopic (exact) mass is 267 g/mol. The molecule has 0 aliphatic heterocycles. The van der Waals surface area contributed by atoms with E-state index in [4.69, 9.17) is 14.2 Å². The summed E-state index contributed by atoms with van der Waals surface area (Å²) in [4.78, 5) is 0. The van der Waals surface area contributed by atoms with Gasteiger partial charge in [0.15, 0.2) is 0 Å². The zero-order valence-corrected chi connectivity index (χ0v) is 12.6. The van der Waals surface area contributed by atoms with Gasteiger partial charge < -0.3 is 19.5 Å². The lowest BCUT2D eigenvalue weighted by Gasteiger charge is -2.24. The molecule has 0 aromatic heterocycles. The second-order valence-corrected chi connectivity index (χ2v) is 5.06. The molecule has 19 heavy (non-hydrogen) atoms. The normalized spacial score (nSPS) is 11.2. The second kappa shape index (κ2) is 7.24. The summed E-state index contributed by atoms with van der Waals surface area (Å²) in [7, 11) is 3.26. The lowest BCUT2D eigenvalue weighted by Crippen LogP contribution is -2.40. The molecule has 0 saturated heterocycles. The van der Waals surface area contributed by atoms with Crippen molar-refractivity contribution < 1.29 is 14.2 Å². The minimum absolute atomic E-state index is 0.148. The van der Waals surface area contributed by atoms with E-state index in [1.54, 1.807) is 14.2 Å². The molecule has 4 heteroatoms. The zero-order chi connectivity index (χ0) is 14.3. The SMILES string of the molecule is CCC(C)(C)NCCOc1cc(OC)cc(OC)c1. The molecule has 1 N–H and O–H groups in total. The van der Waals surface area contributed by atoms with E-state index in [0.29, 0.717) is 6.61 Å². The summed E-state index contributed by atoms with van der Waals surface area (Å²) in [6, 6.07) is 5.53. The van der Waals surface area contributed by atoms with Gasteiger partial charge in [-0.1, -0.05) is 6.92 Å². The van der Waals surface area contributed by atoms with Crippen molar-refractivity contribution >= 4 is 0 Å².